The molecular formula is C19H22FN5O2S. The van der Waals surface area contributed by atoms with Crippen molar-refractivity contribution >= 4 is 22.4 Å². The lowest BCUT2D eigenvalue weighted by Crippen LogP contribution is -2.12. The molecule has 0 radical (unpaired) electrons. The molecule has 0 saturated carbocycles. The van der Waals surface area contributed by atoms with Crippen LogP contribution in [-0.4, -0.2) is 26.2 Å². The molecule has 0 fully saturated rings. The summed E-state index contributed by atoms with van der Waals surface area (Å²) in [6.07, 6.45) is 2.43. The lowest BCUT2D eigenvalue weighted by Gasteiger charge is -2.05. The third-order valence-electron chi connectivity index (χ3n) is 4.49. The van der Waals surface area contributed by atoms with Gasteiger partial charge in [0.05, 0.1) is 0 Å². The molecule has 0 bridgehead atoms. The highest BCUT2D eigenvalue weighted by Gasteiger charge is 2.16. The number of halogens is 1. The highest BCUT2D eigenvalue weighted by Crippen LogP contribution is 2.28. The van der Waals surface area contributed by atoms with Gasteiger partial charge in [-0.15, -0.1) is 10.2 Å². The van der Waals surface area contributed by atoms with Gasteiger partial charge in [-0.1, -0.05) is 42.5 Å². The molecule has 9 heteroatoms. The van der Waals surface area contributed by atoms with Crippen molar-refractivity contribution in [1.29, 1.82) is 0 Å². The minimum atomic E-state index is -0.326. The second-order valence-electron chi connectivity index (χ2n) is 6.48. The lowest BCUT2D eigenvalue weighted by molar-refractivity contribution is -0.116. The van der Waals surface area contributed by atoms with Crippen LogP contribution in [0.5, 0.6) is 0 Å². The number of amides is 1. The molecule has 1 N–H and O–H groups in total. The first kappa shape index (κ1) is 20.1. The lowest BCUT2D eigenvalue weighted by atomic mass is 10.1. The quantitative estimate of drug-likeness (QED) is 0.595. The standard InChI is InChI=1S/C19H22FN5O2S/c1-4-12(5-2)18-23-24-19(28-18)21-15(26)8-9-16-22-17(25-27-16)13-7-6-11(3)14(20)10-13/h6-7,10,12H,4-5,8-9H2,1-3H3,(H,21,24,26). The Labute approximate surface area is 166 Å². The van der Waals surface area contributed by atoms with E-state index < -0.39 is 0 Å². The van der Waals surface area contributed by atoms with Crippen molar-refractivity contribution in [3.63, 3.8) is 0 Å². The third-order valence-corrected chi connectivity index (χ3v) is 5.49. The van der Waals surface area contributed by atoms with E-state index in [1.165, 1.54) is 17.4 Å². The number of hydrogen-bond acceptors (Lipinski definition) is 7. The predicted octanol–water partition coefficient (Wildman–Crippen LogP) is 4.51. The predicted molar refractivity (Wildman–Crippen MR) is 105 cm³/mol. The average molecular weight is 403 g/mol. The number of carbonyl (C=O) groups is 1. The fraction of sp³-hybridized carbons (Fsp3) is 0.421. The summed E-state index contributed by atoms with van der Waals surface area (Å²) >= 11 is 1.40. The number of anilines is 1. The highest BCUT2D eigenvalue weighted by molar-refractivity contribution is 7.15. The molecule has 28 heavy (non-hydrogen) atoms. The summed E-state index contributed by atoms with van der Waals surface area (Å²) in [7, 11) is 0. The number of aryl methyl sites for hydroxylation is 2. The maximum absolute atomic E-state index is 13.7. The largest absolute Gasteiger partial charge is 0.339 e. The van der Waals surface area contributed by atoms with E-state index in [1.54, 1.807) is 19.1 Å². The van der Waals surface area contributed by atoms with Crippen molar-refractivity contribution in [3.05, 3.63) is 40.5 Å². The number of hydrogen-bond donors (Lipinski definition) is 1. The summed E-state index contributed by atoms with van der Waals surface area (Å²) in [6.45, 7) is 5.90. The molecule has 3 aromatic rings. The molecule has 2 aromatic heterocycles. The van der Waals surface area contributed by atoms with Crippen LogP contribution >= 0.6 is 11.3 Å². The Morgan fingerprint density at radius 1 is 1.29 bits per heavy atom. The van der Waals surface area contributed by atoms with E-state index in [2.05, 4.69) is 39.5 Å². The van der Waals surface area contributed by atoms with E-state index in [0.717, 1.165) is 17.8 Å². The van der Waals surface area contributed by atoms with Gasteiger partial charge in [-0.25, -0.2) is 4.39 Å². The number of benzene rings is 1. The number of nitrogens with zero attached hydrogens (tertiary/aromatic N) is 4. The van der Waals surface area contributed by atoms with Crippen LogP contribution in [0.2, 0.25) is 0 Å². The topological polar surface area (TPSA) is 93.8 Å². The Hall–Kier alpha value is -2.68. The first-order valence-electron chi connectivity index (χ1n) is 9.22. The average Bonchev–Trinajstić information content (AvgIpc) is 3.33. The molecule has 0 spiro atoms. The Morgan fingerprint density at radius 2 is 2.07 bits per heavy atom. The van der Waals surface area contributed by atoms with Crippen LogP contribution in [0.1, 0.15) is 55.5 Å². The third kappa shape index (κ3) is 4.78. The Bertz CT molecular complexity index is 951. The van der Waals surface area contributed by atoms with E-state index in [-0.39, 0.29) is 24.6 Å². The van der Waals surface area contributed by atoms with Crippen molar-refractivity contribution in [2.45, 2.75) is 52.4 Å². The van der Waals surface area contributed by atoms with Gasteiger partial charge in [0.2, 0.25) is 22.8 Å². The summed E-state index contributed by atoms with van der Waals surface area (Å²) in [5, 5.41) is 16.2. The molecule has 0 unspecified atom stereocenters. The normalized spacial score (nSPS) is 11.2. The van der Waals surface area contributed by atoms with Gasteiger partial charge in [-0.05, 0) is 31.4 Å². The van der Waals surface area contributed by atoms with Crippen LogP contribution in [0.4, 0.5) is 9.52 Å². The van der Waals surface area contributed by atoms with Gasteiger partial charge in [-0.3, -0.25) is 4.79 Å². The van der Waals surface area contributed by atoms with E-state index in [0.29, 0.717) is 33.9 Å². The molecule has 0 aliphatic heterocycles. The number of nitrogens with one attached hydrogen (secondary N) is 1. The van der Waals surface area contributed by atoms with Crippen molar-refractivity contribution in [2.75, 3.05) is 5.32 Å². The summed E-state index contributed by atoms with van der Waals surface area (Å²) < 4.78 is 18.8. The Balaban J connectivity index is 1.55. The monoisotopic (exact) mass is 403 g/mol. The van der Waals surface area contributed by atoms with Gasteiger partial charge in [-0.2, -0.15) is 4.98 Å². The summed E-state index contributed by atoms with van der Waals surface area (Å²) in [5.41, 5.74) is 1.08. The first-order chi connectivity index (χ1) is 13.5. The van der Waals surface area contributed by atoms with Gasteiger partial charge in [0.15, 0.2) is 0 Å². The number of aromatic nitrogens is 4. The molecule has 0 aliphatic carbocycles. The second kappa shape index (κ2) is 9.01. The Kier molecular flexibility index (Phi) is 6.45. The summed E-state index contributed by atoms with van der Waals surface area (Å²) in [4.78, 5) is 16.4. The zero-order chi connectivity index (χ0) is 20.1. The number of rotatable bonds is 8. The van der Waals surface area contributed by atoms with Gasteiger partial charge in [0.1, 0.15) is 10.8 Å². The molecule has 1 amide bonds. The Morgan fingerprint density at radius 3 is 2.79 bits per heavy atom. The minimum Gasteiger partial charge on any atom is -0.339 e. The highest BCUT2D eigenvalue weighted by atomic mass is 32.1. The van der Waals surface area contributed by atoms with Crippen molar-refractivity contribution < 1.29 is 13.7 Å². The maximum Gasteiger partial charge on any atom is 0.227 e. The van der Waals surface area contributed by atoms with E-state index in [4.69, 9.17) is 4.52 Å². The summed E-state index contributed by atoms with van der Waals surface area (Å²) in [5.74, 6) is 0.461. The van der Waals surface area contributed by atoms with Gasteiger partial charge in [0, 0.05) is 24.3 Å². The molecular weight excluding hydrogens is 381 g/mol. The van der Waals surface area contributed by atoms with Crippen molar-refractivity contribution in [1.82, 2.24) is 20.3 Å². The van der Waals surface area contributed by atoms with Crippen LogP contribution in [0.25, 0.3) is 11.4 Å². The molecule has 2 heterocycles. The van der Waals surface area contributed by atoms with Crippen LogP contribution < -0.4 is 5.32 Å². The van der Waals surface area contributed by atoms with Crippen molar-refractivity contribution in [2.24, 2.45) is 0 Å². The SMILES string of the molecule is CCC(CC)c1nnc(NC(=O)CCc2nc(-c3ccc(C)c(F)c3)no2)s1. The molecule has 1 aromatic carbocycles. The van der Waals surface area contributed by atoms with Gasteiger partial charge >= 0.3 is 0 Å². The maximum atomic E-state index is 13.7. The van der Waals surface area contributed by atoms with Crippen LogP contribution in [0, 0.1) is 12.7 Å². The first-order valence-corrected chi connectivity index (χ1v) is 10.0. The van der Waals surface area contributed by atoms with E-state index >= 15 is 0 Å². The number of carbonyl (C=O) groups excluding carboxylic acids is 1. The molecule has 7 nitrogen and oxygen atoms in total. The van der Waals surface area contributed by atoms with Crippen molar-refractivity contribution in [3.8, 4) is 11.4 Å². The zero-order valence-corrected chi connectivity index (χ0v) is 16.8. The van der Waals surface area contributed by atoms with Crippen LogP contribution in [0.3, 0.4) is 0 Å². The molecule has 148 valence electrons. The van der Waals surface area contributed by atoms with E-state index in [9.17, 15) is 9.18 Å². The minimum absolute atomic E-state index is 0.170. The molecule has 3 rings (SSSR count). The van der Waals surface area contributed by atoms with Gasteiger partial charge in [0.25, 0.3) is 0 Å². The van der Waals surface area contributed by atoms with Gasteiger partial charge < -0.3 is 9.84 Å². The smallest absolute Gasteiger partial charge is 0.227 e. The van der Waals surface area contributed by atoms with Crippen LogP contribution in [0.15, 0.2) is 22.7 Å². The summed E-state index contributed by atoms with van der Waals surface area (Å²) in [6, 6.07) is 4.75. The van der Waals surface area contributed by atoms with Crippen LogP contribution in [-0.2, 0) is 11.2 Å². The fourth-order valence-electron chi connectivity index (χ4n) is 2.70. The molecule has 0 aliphatic rings. The zero-order valence-electron chi connectivity index (χ0n) is 16.0. The van der Waals surface area contributed by atoms with E-state index in [1.807, 2.05) is 0 Å². The molecule has 0 atom stereocenters. The molecule has 0 saturated heterocycles. The fourth-order valence-corrected chi connectivity index (χ4v) is 3.72. The second-order valence-corrected chi connectivity index (χ2v) is 7.49.